The number of hydrogen-bond donors (Lipinski definition) is 0. The van der Waals surface area contributed by atoms with Crippen molar-refractivity contribution in [3.8, 4) is 11.1 Å². The number of rotatable bonds is 2. The highest BCUT2D eigenvalue weighted by Gasteiger charge is 2.15. The van der Waals surface area contributed by atoms with Gasteiger partial charge in [-0.15, -0.1) is 0 Å². The molecular weight excluding hydrogens is 216 g/mol. The molecule has 0 spiro atoms. The van der Waals surface area contributed by atoms with Crippen LogP contribution in [0.25, 0.3) is 11.1 Å². The summed E-state index contributed by atoms with van der Waals surface area (Å²) in [4.78, 5) is 0. The Balaban J connectivity index is 1.80. The van der Waals surface area contributed by atoms with Gasteiger partial charge in [0.1, 0.15) is 0 Å². The lowest BCUT2D eigenvalue weighted by atomic mass is 9.84. The van der Waals surface area contributed by atoms with Gasteiger partial charge in [0.2, 0.25) is 0 Å². The fraction of sp³-hybridized carbons (Fsp3) is 0.278. The predicted octanol–water partition coefficient (Wildman–Crippen LogP) is 5.24. The zero-order valence-electron chi connectivity index (χ0n) is 10.7. The van der Waals surface area contributed by atoms with E-state index in [2.05, 4.69) is 54.6 Å². The summed E-state index contributed by atoms with van der Waals surface area (Å²) in [6.07, 6.45) is 6.74. The van der Waals surface area contributed by atoms with E-state index in [0.717, 1.165) is 0 Å². The molecule has 1 fully saturated rings. The molecule has 3 rings (SSSR count). The van der Waals surface area contributed by atoms with Crippen molar-refractivity contribution in [3.63, 3.8) is 0 Å². The first kappa shape index (κ1) is 11.5. The predicted molar refractivity (Wildman–Crippen MR) is 77.3 cm³/mol. The highest BCUT2D eigenvalue weighted by molar-refractivity contribution is 5.63. The fourth-order valence-electron chi connectivity index (χ4n) is 2.80. The van der Waals surface area contributed by atoms with Gasteiger partial charge < -0.3 is 0 Å². The molecule has 0 aliphatic heterocycles. The van der Waals surface area contributed by atoms with Crippen molar-refractivity contribution in [2.45, 2.75) is 32.1 Å². The van der Waals surface area contributed by atoms with Gasteiger partial charge in [-0.3, -0.25) is 0 Å². The van der Waals surface area contributed by atoms with Gasteiger partial charge in [0.15, 0.2) is 0 Å². The average molecular weight is 235 g/mol. The van der Waals surface area contributed by atoms with E-state index in [4.69, 9.17) is 0 Å². The van der Waals surface area contributed by atoms with Crippen molar-refractivity contribution >= 4 is 0 Å². The van der Waals surface area contributed by atoms with Crippen LogP contribution in [0.2, 0.25) is 0 Å². The van der Waals surface area contributed by atoms with Crippen LogP contribution in [0.3, 0.4) is 0 Å². The van der Waals surface area contributed by atoms with Crippen molar-refractivity contribution < 1.29 is 0 Å². The van der Waals surface area contributed by atoms with Gasteiger partial charge in [-0.05, 0) is 29.5 Å². The maximum absolute atomic E-state index is 2.29. The molecule has 1 saturated carbocycles. The minimum atomic E-state index is 1.30. The fourth-order valence-corrected chi connectivity index (χ4v) is 2.80. The molecule has 1 aliphatic rings. The van der Waals surface area contributed by atoms with E-state index in [1.165, 1.54) is 48.8 Å². The Bertz CT molecular complexity index is 475. The summed E-state index contributed by atoms with van der Waals surface area (Å²) < 4.78 is 0. The molecule has 0 unspecified atom stereocenters. The van der Waals surface area contributed by atoms with E-state index in [9.17, 15) is 0 Å². The zero-order valence-corrected chi connectivity index (χ0v) is 10.7. The minimum absolute atomic E-state index is 1.30. The molecule has 0 heteroatoms. The van der Waals surface area contributed by atoms with Gasteiger partial charge in [-0.25, -0.2) is 0 Å². The Morgan fingerprint density at radius 3 is 1.72 bits per heavy atom. The third-order valence-corrected chi connectivity index (χ3v) is 3.86. The van der Waals surface area contributed by atoms with Crippen molar-refractivity contribution in [1.82, 2.24) is 0 Å². The summed E-state index contributed by atoms with van der Waals surface area (Å²) in [6, 6.07) is 19.7. The number of benzene rings is 2. The molecule has 1 radical (unpaired) electrons. The molecule has 2 aromatic rings. The molecule has 0 amide bonds. The molecule has 0 bridgehead atoms. The first-order chi connectivity index (χ1) is 8.93. The summed E-state index contributed by atoms with van der Waals surface area (Å²) in [7, 11) is 0. The van der Waals surface area contributed by atoms with Crippen LogP contribution in [-0.4, -0.2) is 0 Å². The molecule has 0 nitrogen and oxygen atoms in total. The van der Waals surface area contributed by atoms with E-state index < -0.39 is 0 Å². The summed E-state index contributed by atoms with van der Waals surface area (Å²) in [5.74, 6) is 1.65. The lowest BCUT2D eigenvalue weighted by molar-refractivity contribution is 0.551. The lowest BCUT2D eigenvalue weighted by Gasteiger charge is -2.21. The summed E-state index contributed by atoms with van der Waals surface area (Å²) in [5.41, 5.74) is 4.07. The summed E-state index contributed by atoms with van der Waals surface area (Å²) >= 11 is 0. The third kappa shape index (κ3) is 2.48. The summed E-state index contributed by atoms with van der Waals surface area (Å²) in [5, 5.41) is 0. The average Bonchev–Trinajstić information content (AvgIpc) is 2.49. The van der Waals surface area contributed by atoms with Crippen molar-refractivity contribution in [2.75, 3.05) is 0 Å². The van der Waals surface area contributed by atoms with Gasteiger partial charge in [0.25, 0.3) is 0 Å². The van der Waals surface area contributed by atoms with Gasteiger partial charge >= 0.3 is 0 Å². The van der Waals surface area contributed by atoms with E-state index in [0.29, 0.717) is 0 Å². The molecule has 2 aromatic carbocycles. The second-order valence-electron chi connectivity index (χ2n) is 5.11. The Kier molecular flexibility index (Phi) is 3.45. The third-order valence-electron chi connectivity index (χ3n) is 3.86. The normalized spacial score (nSPS) is 16.7. The van der Waals surface area contributed by atoms with Gasteiger partial charge in [-0.1, -0.05) is 73.9 Å². The van der Waals surface area contributed by atoms with Gasteiger partial charge in [-0.2, -0.15) is 0 Å². The zero-order chi connectivity index (χ0) is 12.2. The Hall–Kier alpha value is -1.56. The highest BCUT2D eigenvalue weighted by atomic mass is 14.2. The molecule has 0 N–H and O–H groups in total. The molecule has 1 aliphatic carbocycles. The smallest absolute Gasteiger partial charge is 0.00498 e. The van der Waals surface area contributed by atoms with Gasteiger partial charge in [0.05, 0.1) is 0 Å². The van der Waals surface area contributed by atoms with Crippen molar-refractivity contribution in [2.24, 2.45) is 0 Å². The molecule has 0 saturated heterocycles. The minimum Gasteiger partial charge on any atom is -0.0622 e. The Morgan fingerprint density at radius 1 is 0.500 bits per heavy atom. The van der Waals surface area contributed by atoms with Crippen LogP contribution in [0.4, 0.5) is 0 Å². The van der Waals surface area contributed by atoms with Crippen molar-refractivity contribution in [3.05, 3.63) is 66.1 Å². The van der Waals surface area contributed by atoms with Crippen LogP contribution in [-0.2, 0) is 0 Å². The van der Waals surface area contributed by atoms with Crippen LogP contribution >= 0.6 is 0 Å². The van der Waals surface area contributed by atoms with E-state index in [-0.39, 0.29) is 0 Å². The Labute approximate surface area is 110 Å². The van der Waals surface area contributed by atoms with Crippen LogP contribution < -0.4 is 0 Å². The van der Waals surface area contributed by atoms with E-state index in [1.54, 1.807) is 5.92 Å². The topological polar surface area (TPSA) is 0 Å². The number of hydrogen-bond acceptors (Lipinski definition) is 0. The first-order valence-corrected chi connectivity index (χ1v) is 6.94. The molecule has 0 heterocycles. The maximum Gasteiger partial charge on any atom is 0.00498 e. The quantitative estimate of drug-likeness (QED) is 0.667. The van der Waals surface area contributed by atoms with Crippen molar-refractivity contribution in [1.29, 1.82) is 0 Å². The molecule has 18 heavy (non-hydrogen) atoms. The SMILES string of the molecule is c1ccc(-c2ccc([C]3CCCCC3)cc2)cc1. The van der Waals surface area contributed by atoms with E-state index in [1.807, 2.05) is 0 Å². The van der Waals surface area contributed by atoms with Crippen LogP contribution in [0, 0.1) is 5.92 Å². The van der Waals surface area contributed by atoms with E-state index >= 15 is 0 Å². The monoisotopic (exact) mass is 235 g/mol. The molecule has 0 atom stereocenters. The maximum atomic E-state index is 2.29. The largest absolute Gasteiger partial charge is 0.0622 e. The van der Waals surface area contributed by atoms with Gasteiger partial charge in [0, 0.05) is 5.92 Å². The second kappa shape index (κ2) is 5.39. The van der Waals surface area contributed by atoms with Crippen LogP contribution in [0.1, 0.15) is 37.7 Å². The first-order valence-electron chi connectivity index (χ1n) is 6.94. The standard InChI is InChI=1S/C18H19/c1-3-7-15(8-4-1)17-11-13-18(14-12-17)16-9-5-2-6-10-16/h1,3-4,7-8,11-14H,2,5-6,9-10H2. The van der Waals surface area contributed by atoms with Crippen LogP contribution in [0.15, 0.2) is 54.6 Å². The highest BCUT2D eigenvalue weighted by Crippen LogP contribution is 2.32. The molecular formula is C18H19. The molecule has 91 valence electrons. The molecule has 0 aromatic heterocycles. The Morgan fingerprint density at radius 2 is 1.06 bits per heavy atom. The lowest BCUT2D eigenvalue weighted by Crippen LogP contribution is -2.05. The van der Waals surface area contributed by atoms with Crippen LogP contribution in [0.5, 0.6) is 0 Å². The summed E-state index contributed by atoms with van der Waals surface area (Å²) in [6.45, 7) is 0. The second-order valence-corrected chi connectivity index (χ2v) is 5.11.